The Balaban J connectivity index is 2.51. The molecular weight excluding hydrogens is 238 g/mol. The molecule has 1 rings (SSSR count). The molecule has 0 saturated heterocycles. The lowest BCUT2D eigenvalue weighted by Gasteiger charge is -2.22. The Kier molecular flexibility index (Phi) is 5.83. The van der Waals surface area contributed by atoms with Crippen molar-refractivity contribution in [2.75, 3.05) is 26.8 Å². The number of benzene rings is 1. The number of aryl methyl sites for hydroxylation is 2. The van der Waals surface area contributed by atoms with Gasteiger partial charge in [0.2, 0.25) is 0 Å². The van der Waals surface area contributed by atoms with Crippen LogP contribution < -0.4 is 10.1 Å². The summed E-state index contributed by atoms with van der Waals surface area (Å²) >= 11 is 0. The fraction of sp³-hybridized carbons (Fsp3) is 0.625. The third kappa shape index (κ3) is 4.84. The van der Waals surface area contributed by atoms with E-state index in [-0.39, 0.29) is 12.0 Å². The average molecular weight is 265 g/mol. The summed E-state index contributed by atoms with van der Waals surface area (Å²) in [7, 11) is 1.72. The van der Waals surface area contributed by atoms with E-state index in [1.807, 2.05) is 0 Å². The lowest BCUT2D eigenvalue weighted by molar-refractivity contribution is 0.157. The van der Waals surface area contributed by atoms with E-state index in [2.05, 4.69) is 45.1 Å². The molecule has 0 aliphatic rings. The molecule has 3 nitrogen and oxygen atoms in total. The van der Waals surface area contributed by atoms with Crippen LogP contribution in [0, 0.1) is 19.3 Å². The zero-order chi connectivity index (χ0) is 14.5. The van der Waals surface area contributed by atoms with E-state index >= 15 is 0 Å². The predicted octanol–water partition coefficient (Wildman–Crippen LogP) is 2.46. The molecule has 0 aliphatic carbocycles. The van der Waals surface area contributed by atoms with Crippen molar-refractivity contribution in [1.29, 1.82) is 0 Å². The summed E-state index contributed by atoms with van der Waals surface area (Å²) in [5, 5.41) is 12.6. The van der Waals surface area contributed by atoms with Crippen molar-refractivity contribution in [3.8, 4) is 5.75 Å². The number of hydrogen-bond donors (Lipinski definition) is 2. The minimum Gasteiger partial charge on any atom is -0.496 e. The molecular formula is C16H27NO2. The molecule has 1 aromatic rings. The predicted molar refractivity (Wildman–Crippen MR) is 79.9 cm³/mol. The Labute approximate surface area is 117 Å². The van der Waals surface area contributed by atoms with Crippen molar-refractivity contribution >= 4 is 0 Å². The number of hydrogen-bond acceptors (Lipinski definition) is 3. The highest BCUT2D eigenvalue weighted by molar-refractivity contribution is 5.43. The Bertz CT molecular complexity index is 390. The first-order chi connectivity index (χ1) is 8.89. The fourth-order valence-corrected chi connectivity index (χ4v) is 2.22. The van der Waals surface area contributed by atoms with Gasteiger partial charge in [-0.15, -0.1) is 0 Å². The minimum absolute atomic E-state index is 0.0499. The largest absolute Gasteiger partial charge is 0.496 e. The van der Waals surface area contributed by atoms with Gasteiger partial charge in [-0.1, -0.05) is 26.0 Å². The maximum atomic E-state index is 9.19. The first-order valence-electron chi connectivity index (χ1n) is 6.85. The lowest BCUT2D eigenvalue weighted by Crippen LogP contribution is -2.33. The molecule has 108 valence electrons. The van der Waals surface area contributed by atoms with Crippen LogP contribution in [-0.2, 0) is 6.42 Å². The summed E-state index contributed by atoms with van der Waals surface area (Å²) in [4.78, 5) is 0. The zero-order valence-electron chi connectivity index (χ0n) is 12.8. The maximum Gasteiger partial charge on any atom is 0.124 e. The van der Waals surface area contributed by atoms with E-state index in [0.29, 0.717) is 0 Å². The second kappa shape index (κ2) is 6.92. The molecule has 0 unspecified atom stereocenters. The number of aliphatic hydroxyl groups is 1. The quantitative estimate of drug-likeness (QED) is 0.744. The first kappa shape index (κ1) is 16.0. The number of nitrogens with one attached hydrogen (secondary N) is 1. The van der Waals surface area contributed by atoms with E-state index in [0.717, 1.165) is 25.3 Å². The van der Waals surface area contributed by atoms with Crippen LogP contribution in [0.15, 0.2) is 12.1 Å². The zero-order valence-corrected chi connectivity index (χ0v) is 12.8. The third-order valence-corrected chi connectivity index (χ3v) is 3.35. The SMILES string of the molecule is COc1c(C)cc(CCNCC(C)(C)CO)cc1C. The van der Waals surface area contributed by atoms with E-state index in [1.54, 1.807) is 7.11 Å². The minimum atomic E-state index is -0.0499. The summed E-state index contributed by atoms with van der Waals surface area (Å²) in [5.41, 5.74) is 3.65. The van der Waals surface area contributed by atoms with Crippen LogP contribution in [-0.4, -0.2) is 31.9 Å². The monoisotopic (exact) mass is 265 g/mol. The van der Waals surface area contributed by atoms with Crippen molar-refractivity contribution in [2.45, 2.75) is 34.1 Å². The fourth-order valence-electron chi connectivity index (χ4n) is 2.22. The summed E-state index contributed by atoms with van der Waals surface area (Å²) in [6, 6.07) is 4.37. The van der Waals surface area contributed by atoms with Crippen LogP contribution in [0.25, 0.3) is 0 Å². The van der Waals surface area contributed by atoms with Gasteiger partial charge in [-0.05, 0) is 43.5 Å². The topological polar surface area (TPSA) is 41.5 Å². The molecule has 2 N–H and O–H groups in total. The van der Waals surface area contributed by atoms with Crippen LogP contribution >= 0.6 is 0 Å². The Morgan fingerprint density at radius 1 is 1.21 bits per heavy atom. The molecule has 0 bridgehead atoms. The van der Waals surface area contributed by atoms with Gasteiger partial charge in [0.1, 0.15) is 5.75 Å². The molecule has 19 heavy (non-hydrogen) atoms. The Morgan fingerprint density at radius 2 is 1.79 bits per heavy atom. The standard InChI is InChI=1S/C16H27NO2/c1-12-8-14(9-13(2)15(12)19-5)6-7-17-10-16(3,4)11-18/h8-9,17-18H,6-7,10-11H2,1-5H3. The third-order valence-electron chi connectivity index (χ3n) is 3.35. The molecule has 1 aromatic carbocycles. The van der Waals surface area contributed by atoms with Crippen LogP contribution in [0.2, 0.25) is 0 Å². The van der Waals surface area contributed by atoms with Crippen molar-refractivity contribution < 1.29 is 9.84 Å². The Hall–Kier alpha value is -1.06. The van der Waals surface area contributed by atoms with Gasteiger partial charge in [0.15, 0.2) is 0 Å². The second-order valence-corrected chi connectivity index (χ2v) is 6.01. The molecule has 0 radical (unpaired) electrons. The summed E-state index contributed by atoms with van der Waals surface area (Å²) in [6.45, 7) is 10.2. The van der Waals surface area contributed by atoms with E-state index in [1.165, 1.54) is 16.7 Å². The first-order valence-corrected chi connectivity index (χ1v) is 6.85. The van der Waals surface area contributed by atoms with E-state index in [9.17, 15) is 5.11 Å². The van der Waals surface area contributed by atoms with Crippen LogP contribution in [0.4, 0.5) is 0 Å². The normalized spacial score (nSPS) is 11.7. The van der Waals surface area contributed by atoms with Crippen molar-refractivity contribution in [1.82, 2.24) is 5.32 Å². The highest BCUT2D eigenvalue weighted by atomic mass is 16.5. The molecule has 0 amide bonds. The molecule has 0 heterocycles. The number of ether oxygens (including phenoxy) is 1. The van der Waals surface area contributed by atoms with Crippen LogP contribution in [0.1, 0.15) is 30.5 Å². The molecule has 0 aromatic heterocycles. The molecule has 0 spiro atoms. The maximum absolute atomic E-state index is 9.19. The number of methoxy groups -OCH3 is 1. The van der Waals surface area contributed by atoms with Crippen molar-refractivity contribution in [3.05, 3.63) is 28.8 Å². The highest BCUT2D eigenvalue weighted by Crippen LogP contribution is 2.24. The van der Waals surface area contributed by atoms with Crippen LogP contribution in [0.3, 0.4) is 0 Å². The van der Waals surface area contributed by atoms with Gasteiger partial charge in [-0.3, -0.25) is 0 Å². The lowest BCUT2D eigenvalue weighted by atomic mass is 9.95. The van der Waals surface area contributed by atoms with Crippen molar-refractivity contribution in [2.24, 2.45) is 5.41 Å². The van der Waals surface area contributed by atoms with E-state index < -0.39 is 0 Å². The van der Waals surface area contributed by atoms with Gasteiger partial charge >= 0.3 is 0 Å². The number of aliphatic hydroxyl groups excluding tert-OH is 1. The average Bonchev–Trinajstić information content (AvgIpc) is 2.34. The Morgan fingerprint density at radius 3 is 2.26 bits per heavy atom. The summed E-state index contributed by atoms with van der Waals surface area (Å²) in [5.74, 6) is 0.984. The summed E-state index contributed by atoms with van der Waals surface area (Å²) in [6.07, 6.45) is 0.993. The highest BCUT2D eigenvalue weighted by Gasteiger charge is 2.15. The van der Waals surface area contributed by atoms with Gasteiger partial charge in [0, 0.05) is 18.6 Å². The van der Waals surface area contributed by atoms with Gasteiger partial charge in [-0.25, -0.2) is 0 Å². The molecule has 0 aliphatic heterocycles. The molecule has 3 heteroatoms. The molecule has 0 fully saturated rings. The van der Waals surface area contributed by atoms with Gasteiger partial charge in [0.25, 0.3) is 0 Å². The van der Waals surface area contributed by atoms with Gasteiger partial charge in [-0.2, -0.15) is 0 Å². The second-order valence-electron chi connectivity index (χ2n) is 6.01. The van der Waals surface area contributed by atoms with E-state index in [4.69, 9.17) is 4.74 Å². The van der Waals surface area contributed by atoms with Gasteiger partial charge < -0.3 is 15.2 Å². The summed E-state index contributed by atoms with van der Waals surface area (Å²) < 4.78 is 5.37. The molecule has 0 atom stereocenters. The van der Waals surface area contributed by atoms with Crippen LogP contribution in [0.5, 0.6) is 5.75 Å². The smallest absolute Gasteiger partial charge is 0.124 e. The molecule has 0 saturated carbocycles. The van der Waals surface area contributed by atoms with Gasteiger partial charge in [0.05, 0.1) is 7.11 Å². The number of rotatable bonds is 7. The van der Waals surface area contributed by atoms with Crippen molar-refractivity contribution in [3.63, 3.8) is 0 Å².